The zero-order valence-corrected chi connectivity index (χ0v) is 12.3. The van der Waals surface area contributed by atoms with Gasteiger partial charge in [0, 0.05) is 14.2 Å². The highest BCUT2D eigenvalue weighted by Gasteiger charge is 2.32. The van der Waals surface area contributed by atoms with Crippen molar-refractivity contribution in [2.45, 2.75) is 25.3 Å². The van der Waals surface area contributed by atoms with Crippen molar-refractivity contribution in [3.8, 4) is 0 Å². The van der Waals surface area contributed by atoms with Gasteiger partial charge in [-0.1, -0.05) is 0 Å². The lowest BCUT2D eigenvalue weighted by molar-refractivity contribution is 0.0347. The Balaban J connectivity index is -0.00000112. The van der Waals surface area contributed by atoms with Crippen molar-refractivity contribution in [2.75, 3.05) is 14.2 Å². The van der Waals surface area contributed by atoms with E-state index in [4.69, 9.17) is 31.8 Å². The molecule has 0 aliphatic rings. The number of hydrogen-bond acceptors (Lipinski definition) is 6. The van der Waals surface area contributed by atoms with Crippen LogP contribution in [-0.2, 0) is 9.47 Å². The summed E-state index contributed by atoms with van der Waals surface area (Å²) in [7, 11) is 2.69. The van der Waals surface area contributed by atoms with Gasteiger partial charge in [0.1, 0.15) is 11.7 Å². The van der Waals surface area contributed by atoms with E-state index in [1.165, 1.54) is 28.1 Å². The molecule has 0 fully saturated rings. The second kappa shape index (κ2) is 8.20. The van der Waals surface area contributed by atoms with Gasteiger partial charge < -0.3 is 20.9 Å². The average molecular weight is 303 g/mol. The minimum atomic E-state index is -1.38. The van der Waals surface area contributed by atoms with Crippen molar-refractivity contribution in [2.24, 2.45) is 21.7 Å². The van der Waals surface area contributed by atoms with E-state index in [2.05, 4.69) is 10.2 Å². The normalized spacial score (nSPS) is 16.9. The second-order valence-electron chi connectivity index (χ2n) is 3.40. The summed E-state index contributed by atoms with van der Waals surface area (Å²) < 4.78 is 9.88. The van der Waals surface area contributed by atoms with Gasteiger partial charge in [0.25, 0.3) is 0 Å². The van der Waals surface area contributed by atoms with E-state index >= 15 is 0 Å². The summed E-state index contributed by atoms with van der Waals surface area (Å²) in [6.45, 7) is 2.93. The quantitative estimate of drug-likeness (QED) is 0.328. The van der Waals surface area contributed by atoms with Crippen LogP contribution in [0.1, 0.15) is 13.8 Å². The number of hydrogen-bond donors (Lipinski definition) is 4. The minimum absolute atomic E-state index is 0. The monoisotopic (exact) mass is 302 g/mol. The Bertz CT molecular complexity index is 297. The van der Waals surface area contributed by atoms with Crippen LogP contribution in [0.25, 0.3) is 0 Å². The van der Waals surface area contributed by atoms with Crippen molar-refractivity contribution < 1.29 is 9.47 Å². The summed E-state index contributed by atoms with van der Waals surface area (Å²) in [5, 5.41) is 22.1. The molecule has 0 aromatic heterocycles. The minimum Gasteiger partial charge on any atom is -0.383 e. The van der Waals surface area contributed by atoms with Gasteiger partial charge in [0.05, 0.1) is 0 Å². The molecule has 2 unspecified atom stereocenters. The van der Waals surface area contributed by atoms with Gasteiger partial charge in [0.15, 0.2) is 0 Å². The van der Waals surface area contributed by atoms with Gasteiger partial charge in [-0.3, -0.25) is 10.8 Å². The van der Waals surface area contributed by atoms with E-state index in [1.54, 1.807) is 0 Å². The molecule has 0 aliphatic heterocycles. The third kappa shape index (κ3) is 5.13. The average Bonchev–Trinajstić information content (AvgIpc) is 2.24. The summed E-state index contributed by atoms with van der Waals surface area (Å²) in [5.74, 6) is -0.610. The first-order valence-corrected chi connectivity index (χ1v) is 4.45. The molecule has 0 aliphatic carbocycles. The summed E-state index contributed by atoms with van der Waals surface area (Å²) in [4.78, 5) is 0. The first-order valence-electron chi connectivity index (χ1n) is 4.45. The Morgan fingerprint density at radius 3 is 1.22 bits per heavy atom. The summed E-state index contributed by atoms with van der Waals surface area (Å²) >= 11 is 0. The van der Waals surface area contributed by atoms with Crippen LogP contribution in [-0.4, -0.2) is 37.3 Å². The standard InChI is InChI=1S/C8H18N6O2.2ClH/c1-7(15-3,5(9)10)13-14-8(2,16-4)6(11)12;;/h1-4H3,(H3,9,10)(H3,11,12);2*1H. The van der Waals surface area contributed by atoms with Crippen LogP contribution in [0.3, 0.4) is 0 Å². The molecule has 0 radical (unpaired) electrons. The lowest BCUT2D eigenvalue weighted by Gasteiger charge is -2.24. The van der Waals surface area contributed by atoms with E-state index < -0.39 is 11.4 Å². The molecule has 10 heteroatoms. The van der Waals surface area contributed by atoms with E-state index in [0.29, 0.717) is 0 Å². The summed E-state index contributed by atoms with van der Waals surface area (Å²) in [6.07, 6.45) is 0. The Kier molecular flexibility index (Phi) is 10.1. The number of nitrogens with one attached hydrogen (secondary N) is 2. The number of methoxy groups -OCH3 is 2. The zero-order valence-electron chi connectivity index (χ0n) is 10.7. The third-order valence-electron chi connectivity index (χ3n) is 2.23. The maximum Gasteiger partial charge on any atom is 0.233 e. The number of halogens is 2. The van der Waals surface area contributed by atoms with Gasteiger partial charge in [0.2, 0.25) is 11.4 Å². The highest BCUT2D eigenvalue weighted by atomic mass is 35.5. The molecule has 0 saturated carbocycles. The van der Waals surface area contributed by atoms with Crippen LogP contribution < -0.4 is 11.5 Å². The van der Waals surface area contributed by atoms with Crippen molar-refractivity contribution in [1.82, 2.24) is 0 Å². The third-order valence-corrected chi connectivity index (χ3v) is 2.23. The largest absolute Gasteiger partial charge is 0.383 e. The van der Waals surface area contributed by atoms with Crippen LogP contribution in [0.15, 0.2) is 10.2 Å². The van der Waals surface area contributed by atoms with Crippen LogP contribution in [0, 0.1) is 10.8 Å². The smallest absolute Gasteiger partial charge is 0.233 e. The predicted molar refractivity (Wildman–Crippen MR) is 74.0 cm³/mol. The van der Waals surface area contributed by atoms with Crippen molar-refractivity contribution >= 4 is 36.5 Å². The molecule has 0 bridgehead atoms. The molecule has 8 nitrogen and oxygen atoms in total. The molecule has 0 amide bonds. The molecule has 0 aromatic carbocycles. The molecule has 0 saturated heterocycles. The fourth-order valence-corrected chi connectivity index (χ4v) is 0.600. The fraction of sp³-hybridized carbons (Fsp3) is 0.750. The molecule has 108 valence electrons. The van der Waals surface area contributed by atoms with Crippen molar-refractivity contribution in [3.63, 3.8) is 0 Å². The van der Waals surface area contributed by atoms with Gasteiger partial charge in [-0.15, -0.1) is 35.0 Å². The maximum atomic E-state index is 7.29. The summed E-state index contributed by atoms with van der Waals surface area (Å²) in [6, 6.07) is 0. The molecule has 0 heterocycles. The lowest BCUT2D eigenvalue weighted by Crippen LogP contribution is -2.43. The Morgan fingerprint density at radius 2 is 1.11 bits per heavy atom. The van der Waals surface area contributed by atoms with Crippen LogP contribution in [0.4, 0.5) is 0 Å². The molecular formula is C8H20Cl2N6O2. The molecule has 6 N–H and O–H groups in total. The van der Waals surface area contributed by atoms with Crippen molar-refractivity contribution in [3.05, 3.63) is 0 Å². The second-order valence-corrected chi connectivity index (χ2v) is 3.40. The number of azo groups is 1. The molecule has 0 spiro atoms. The Morgan fingerprint density at radius 1 is 0.889 bits per heavy atom. The SMILES string of the molecule is COC(C)(N=NC(C)(OC)C(=N)N)C(=N)N.Cl.Cl. The summed E-state index contributed by atoms with van der Waals surface area (Å²) in [5.41, 5.74) is 7.85. The van der Waals surface area contributed by atoms with Gasteiger partial charge >= 0.3 is 0 Å². The fourth-order valence-electron chi connectivity index (χ4n) is 0.600. The van der Waals surface area contributed by atoms with E-state index in [-0.39, 0.29) is 36.5 Å². The Hall–Kier alpha value is -0.960. The molecule has 18 heavy (non-hydrogen) atoms. The van der Waals surface area contributed by atoms with E-state index in [9.17, 15) is 0 Å². The van der Waals surface area contributed by atoms with Crippen LogP contribution in [0.5, 0.6) is 0 Å². The first kappa shape index (κ1) is 22.2. The molecular weight excluding hydrogens is 283 g/mol. The zero-order chi connectivity index (χ0) is 13.0. The molecule has 0 aromatic rings. The van der Waals surface area contributed by atoms with E-state index in [1.807, 2.05) is 0 Å². The Labute approximate surface area is 118 Å². The highest BCUT2D eigenvalue weighted by Crippen LogP contribution is 2.17. The molecule has 0 rings (SSSR count). The molecule has 2 atom stereocenters. The van der Waals surface area contributed by atoms with E-state index in [0.717, 1.165) is 0 Å². The number of nitrogens with zero attached hydrogens (tertiary/aromatic N) is 2. The number of amidine groups is 2. The number of nitrogens with two attached hydrogens (primary N) is 2. The number of rotatable bonds is 6. The maximum absolute atomic E-state index is 7.29. The predicted octanol–water partition coefficient (Wildman–Crippen LogP) is 0.879. The van der Waals surface area contributed by atoms with Gasteiger partial charge in [-0.2, -0.15) is 0 Å². The van der Waals surface area contributed by atoms with Gasteiger partial charge in [-0.25, -0.2) is 0 Å². The van der Waals surface area contributed by atoms with Crippen molar-refractivity contribution in [1.29, 1.82) is 10.8 Å². The lowest BCUT2D eigenvalue weighted by atomic mass is 10.2. The number of ether oxygens (including phenoxy) is 2. The van der Waals surface area contributed by atoms with Crippen LogP contribution in [0.2, 0.25) is 0 Å². The highest BCUT2D eigenvalue weighted by molar-refractivity contribution is 5.86. The first-order chi connectivity index (χ1) is 7.22. The topological polar surface area (TPSA) is 143 Å². The van der Waals surface area contributed by atoms with Crippen LogP contribution >= 0.6 is 24.8 Å². The van der Waals surface area contributed by atoms with Gasteiger partial charge in [-0.05, 0) is 13.8 Å².